The standard InChI is InChI=1S/C15H12N2O3/c1-2-9-17(10-13(18)19)15(20)14-12-6-4-3-5-11(12)7-8-16-14/h1,3-8H,9-10H2,(H,18,19). The van der Waals surface area contributed by atoms with Crippen LogP contribution in [0, 0.1) is 12.3 Å². The first kappa shape index (κ1) is 13.6. The predicted octanol–water partition coefficient (Wildman–Crippen LogP) is 1.39. The molecule has 0 aliphatic carbocycles. The van der Waals surface area contributed by atoms with Gasteiger partial charge >= 0.3 is 5.97 Å². The zero-order chi connectivity index (χ0) is 14.5. The number of nitrogens with zero attached hydrogens (tertiary/aromatic N) is 2. The number of hydrogen-bond acceptors (Lipinski definition) is 3. The molecule has 0 aliphatic heterocycles. The van der Waals surface area contributed by atoms with Crippen LogP contribution >= 0.6 is 0 Å². The molecule has 0 saturated carbocycles. The topological polar surface area (TPSA) is 70.5 Å². The Morgan fingerprint density at radius 3 is 2.75 bits per heavy atom. The molecule has 0 saturated heterocycles. The number of pyridine rings is 1. The molecule has 0 aliphatic rings. The van der Waals surface area contributed by atoms with E-state index in [1.54, 1.807) is 18.2 Å². The number of terminal acetylenes is 1. The van der Waals surface area contributed by atoms with Crippen molar-refractivity contribution in [3.63, 3.8) is 0 Å². The average Bonchev–Trinajstić information content (AvgIpc) is 2.45. The summed E-state index contributed by atoms with van der Waals surface area (Å²) in [5.74, 6) is 0.685. The fourth-order valence-corrected chi connectivity index (χ4v) is 1.91. The Balaban J connectivity index is 2.44. The van der Waals surface area contributed by atoms with E-state index in [2.05, 4.69) is 10.9 Å². The quantitative estimate of drug-likeness (QED) is 0.851. The maximum atomic E-state index is 12.4. The lowest BCUT2D eigenvalue weighted by atomic mass is 10.1. The van der Waals surface area contributed by atoms with E-state index in [0.717, 1.165) is 10.3 Å². The highest BCUT2D eigenvalue weighted by Crippen LogP contribution is 2.17. The van der Waals surface area contributed by atoms with Crippen molar-refractivity contribution in [2.45, 2.75) is 0 Å². The third kappa shape index (κ3) is 2.75. The summed E-state index contributed by atoms with van der Waals surface area (Å²) in [5, 5.41) is 10.4. The molecule has 1 amide bonds. The smallest absolute Gasteiger partial charge is 0.323 e. The van der Waals surface area contributed by atoms with E-state index >= 15 is 0 Å². The summed E-state index contributed by atoms with van der Waals surface area (Å²) in [4.78, 5) is 28.3. The molecule has 0 spiro atoms. The van der Waals surface area contributed by atoms with Crippen molar-refractivity contribution < 1.29 is 14.7 Å². The molecule has 5 heteroatoms. The molecular weight excluding hydrogens is 256 g/mol. The van der Waals surface area contributed by atoms with Gasteiger partial charge in [0.05, 0.1) is 6.54 Å². The van der Waals surface area contributed by atoms with Crippen molar-refractivity contribution in [3.05, 3.63) is 42.2 Å². The highest BCUT2D eigenvalue weighted by molar-refractivity contribution is 6.05. The number of aromatic nitrogens is 1. The first-order chi connectivity index (χ1) is 9.63. The van der Waals surface area contributed by atoms with E-state index in [0.29, 0.717) is 5.39 Å². The number of hydrogen-bond donors (Lipinski definition) is 1. The number of aliphatic carboxylic acids is 1. The maximum absolute atomic E-state index is 12.4. The van der Waals surface area contributed by atoms with Crippen molar-refractivity contribution >= 4 is 22.6 Å². The number of benzene rings is 1. The zero-order valence-corrected chi connectivity index (χ0v) is 10.6. The number of fused-ring (bicyclic) bond motifs is 1. The van der Waals surface area contributed by atoms with Crippen LogP contribution in [0.1, 0.15) is 10.5 Å². The number of carbonyl (C=O) groups is 2. The number of amides is 1. The molecule has 0 atom stereocenters. The molecule has 2 aromatic rings. The van der Waals surface area contributed by atoms with Crippen LogP contribution in [0.3, 0.4) is 0 Å². The zero-order valence-electron chi connectivity index (χ0n) is 10.6. The van der Waals surface area contributed by atoms with Gasteiger partial charge in [0.1, 0.15) is 12.2 Å². The number of carbonyl (C=O) groups excluding carboxylic acids is 1. The molecular formula is C15H12N2O3. The molecule has 20 heavy (non-hydrogen) atoms. The lowest BCUT2D eigenvalue weighted by Gasteiger charge is -2.18. The van der Waals surface area contributed by atoms with E-state index in [-0.39, 0.29) is 12.2 Å². The minimum atomic E-state index is -1.12. The summed E-state index contributed by atoms with van der Waals surface area (Å²) in [5.41, 5.74) is 0.208. The van der Waals surface area contributed by atoms with E-state index in [1.165, 1.54) is 6.20 Å². The first-order valence-electron chi connectivity index (χ1n) is 5.91. The molecule has 0 radical (unpaired) electrons. The Morgan fingerprint density at radius 1 is 1.30 bits per heavy atom. The monoisotopic (exact) mass is 268 g/mol. The van der Waals surface area contributed by atoms with Gasteiger partial charge in [-0.25, -0.2) is 0 Å². The van der Waals surface area contributed by atoms with Crippen LogP contribution in [0.5, 0.6) is 0 Å². The van der Waals surface area contributed by atoms with Gasteiger partial charge in [-0.2, -0.15) is 0 Å². The molecule has 0 unspecified atom stereocenters. The average molecular weight is 268 g/mol. The summed E-state index contributed by atoms with van der Waals surface area (Å²) in [6.07, 6.45) is 6.69. The second-order valence-electron chi connectivity index (χ2n) is 4.14. The second-order valence-corrected chi connectivity index (χ2v) is 4.14. The third-order valence-electron chi connectivity index (χ3n) is 2.77. The van der Waals surface area contributed by atoms with E-state index in [4.69, 9.17) is 11.5 Å². The van der Waals surface area contributed by atoms with Gasteiger partial charge in [-0.15, -0.1) is 6.42 Å². The summed E-state index contributed by atoms with van der Waals surface area (Å²) in [6, 6.07) is 9.06. The minimum absolute atomic E-state index is 0.0734. The Labute approximate surface area is 115 Å². The molecule has 1 aromatic carbocycles. The largest absolute Gasteiger partial charge is 0.480 e. The van der Waals surface area contributed by atoms with Crippen LogP contribution in [0.2, 0.25) is 0 Å². The molecule has 100 valence electrons. The van der Waals surface area contributed by atoms with Gasteiger partial charge in [0.25, 0.3) is 5.91 Å². The molecule has 1 heterocycles. The minimum Gasteiger partial charge on any atom is -0.480 e. The Morgan fingerprint density at radius 2 is 2.05 bits per heavy atom. The third-order valence-corrected chi connectivity index (χ3v) is 2.77. The first-order valence-corrected chi connectivity index (χ1v) is 5.91. The van der Waals surface area contributed by atoms with Crippen molar-refractivity contribution in [2.24, 2.45) is 0 Å². The van der Waals surface area contributed by atoms with Crippen molar-refractivity contribution in [3.8, 4) is 12.3 Å². The van der Waals surface area contributed by atoms with Crippen LogP contribution < -0.4 is 0 Å². The van der Waals surface area contributed by atoms with Gasteiger partial charge in [0.2, 0.25) is 0 Å². The van der Waals surface area contributed by atoms with Crippen LogP contribution in [0.4, 0.5) is 0 Å². The summed E-state index contributed by atoms with van der Waals surface area (Å²) < 4.78 is 0. The predicted molar refractivity (Wildman–Crippen MR) is 74.1 cm³/mol. The van der Waals surface area contributed by atoms with Gasteiger partial charge in [0.15, 0.2) is 0 Å². The summed E-state index contributed by atoms with van der Waals surface area (Å²) >= 11 is 0. The van der Waals surface area contributed by atoms with E-state index < -0.39 is 18.4 Å². The van der Waals surface area contributed by atoms with Crippen molar-refractivity contribution in [1.29, 1.82) is 0 Å². The number of carboxylic acid groups (broad SMARTS) is 1. The summed E-state index contributed by atoms with van der Waals surface area (Å²) in [6.45, 7) is -0.524. The van der Waals surface area contributed by atoms with Crippen molar-refractivity contribution in [1.82, 2.24) is 9.88 Å². The number of carboxylic acids is 1. The molecule has 0 fully saturated rings. The van der Waals surface area contributed by atoms with Gasteiger partial charge in [0, 0.05) is 11.6 Å². The van der Waals surface area contributed by atoms with Gasteiger partial charge in [-0.05, 0) is 11.5 Å². The lowest BCUT2D eigenvalue weighted by Crippen LogP contribution is -2.36. The molecule has 0 bridgehead atoms. The highest BCUT2D eigenvalue weighted by atomic mass is 16.4. The SMILES string of the molecule is C#CCN(CC(=O)O)C(=O)c1nccc2ccccc12. The fraction of sp³-hybridized carbons (Fsp3) is 0.133. The van der Waals surface area contributed by atoms with Crippen LogP contribution in [0.15, 0.2) is 36.5 Å². The van der Waals surface area contributed by atoms with Gasteiger partial charge in [-0.1, -0.05) is 30.2 Å². The molecule has 5 nitrogen and oxygen atoms in total. The maximum Gasteiger partial charge on any atom is 0.323 e. The molecule has 2 rings (SSSR count). The van der Waals surface area contributed by atoms with E-state index in [9.17, 15) is 9.59 Å². The molecule has 1 aromatic heterocycles. The summed E-state index contributed by atoms with van der Waals surface area (Å²) in [7, 11) is 0. The highest BCUT2D eigenvalue weighted by Gasteiger charge is 2.20. The lowest BCUT2D eigenvalue weighted by molar-refractivity contribution is -0.137. The van der Waals surface area contributed by atoms with Crippen molar-refractivity contribution in [2.75, 3.05) is 13.1 Å². The normalized spacial score (nSPS) is 9.95. The Kier molecular flexibility index (Phi) is 3.96. The Bertz CT molecular complexity index is 698. The van der Waals surface area contributed by atoms with Crippen LogP contribution in [0.25, 0.3) is 10.8 Å². The van der Waals surface area contributed by atoms with Crippen LogP contribution in [-0.2, 0) is 4.79 Å². The Hall–Kier alpha value is -2.87. The van der Waals surface area contributed by atoms with Gasteiger partial charge < -0.3 is 10.0 Å². The fourth-order valence-electron chi connectivity index (χ4n) is 1.91. The van der Waals surface area contributed by atoms with E-state index in [1.807, 2.05) is 12.1 Å². The number of rotatable bonds is 4. The van der Waals surface area contributed by atoms with Crippen LogP contribution in [-0.4, -0.2) is 40.0 Å². The van der Waals surface area contributed by atoms with Gasteiger partial charge in [-0.3, -0.25) is 14.6 Å². The molecule has 1 N–H and O–H groups in total. The second kappa shape index (κ2) is 5.85.